The molecule has 24 heavy (non-hydrogen) atoms. The molecule has 0 aromatic heterocycles. The lowest BCUT2D eigenvalue weighted by molar-refractivity contribution is 0.0789. The summed E-state index contributed by atoms with van der Waals surface area (Å²) in [5.74, 6) is -0.0983. The Morgan fingerprint density at radius 2 is 2.04 bits per heavy atom. The first kappa shape index (κ1) is 19.2. The Kier molecular flexibility index (Phi) is 6.68. The van der Waals surface area contributed by atoms with Crippen LogP contribution in [-0.4, -0.2) is 58.3 Å². The van der Waals surface area contributed by atoms with Gasteiger partial charge in [0.05, 0.1) is 17.1 Å². The number of amides is 1. The van der Waals surface area contributed by atoms with Gasteiger partial charge in [-0.3, -0.25) is 4.79 Å². The Balaban J connectivity index is 2.32. The van der Waals surface area contributed by atoms with Crippen molar-refractivity contribution in [1.29, 1.82) is 0 Å². The van der Waals surface area contributed by atoms with E-state index in [1.807, 2.05) is 6.26 Å². The molecule has 0 aliphatic carbocycles. The predicted octanol–water partition coefficient (Wildman–Crippen LogP) is 1.96. The highest BCUT2D eigenvalue weighted by Gasteiger charge is 2.25. The second-order valence-corrected chi connectivity index (χ2v) is 8.40. The minimum absolute atomic E-state index is 0.0983. The molecule has 0 bridgehead atoms. The van der Waals surface area contributed by atoms with Gasteiger partial charge in [0.25, 0.3) is 5.91 Å². The number of ether oxygens (including phenoxy) is 1. The maximum atomic E-state index is 12.7. The van der Waals surface area contributed by atoms with Crippen molar-refractivity contribution in [2.45, 2.75) is 35.6 Å². The average Bonchev–Trinajstić information content (AvgIpc) is 3.07. The molecule has 1 unspecified atom stereocenters. The molecule has 0 spiro atoms. The number of rotatable bonds is 7. The highest BCUT2D eigenvalue weighted by atomic mass is 32.2. The van der Waals surface area contributed by atoms with Crippen LogP contribution in [0, 0.1) is 0 Å². The molecule has 0 saturated carbocycles. The molecule has 6 nitrogen and oxygen atoms in total. The van der Waals surface area contributed by atoms with Crippen molar-refractivity contribution in [3.05, 3.63) is 23.8 Å². The Bertz CT molecular complexity index is 685. The number of benzene rings is 1. The summed E-state index contributed by atoms with van der Waals surface area (Å²) in [5, 5.41) is 0. The lowest BCUT2D eigenvalue weighted by Crippen LogP contribution is -2.35. The molecule has 1 aliphatic rings. The van der Waals surface area contributed by atoms with E-state index in [0.717, 1.165) is 30.8 Å². The molecular weight excluding hydrogens is 348 g/mol. The topological polar surface area (TPSA) is 75.7 Å². The minimum atomic E-state index is -3.70. The van der Waals surface area contributed by atoms with Crippen LogP contribution in [0.15, 0.2) is 28.0 Å². The van der Waals surface area contributed by atoms with Crippen molar-refractivity contribution in [3.8, 4) is 0 Å². The van der Waals surface area contributed by atoms with Gasteiger partial charge >= 0.3 is 0 Å². The van der Waals surface area contributed by atoms with Crippen LogP contribution in [0.3, 0.4) is 0 Å². The Morgan fingerprint density at radius 3 is 2.62 bits per heavy atom. The van der Waals surface area contributed by atoms with E-state index < -0.39 is 10.0 Å². The van der Waals surface area contributed by atoms with E-state index in [1.165, 1.54) is 31.0 Å². The standard InChI is InChI=1S/C16H24N2O4S2/c1-12(11-22-2)17-24(20,21)13-6-7-15(23-3)14(10-13)16(19)18-8-4-5-9-18/h6-7,10,12,17H,4-5,8-9,11H2,1-3H3. The molecule has 8 heteroatoms. The normalized spacial score (nSPS) is 16.4. The number of sulfonamides is 1. The summed E-state index contributed by atoms with van der Waals surface area (Å²) in [6.07, 6.45) is 3.87. The molecule has 1 fully saturated rings. The zero-order valence-corrected chi connectivity index (χ0v) is 15.9. The van der Waals surface area contributed by atoms with E-state index in [1.54, 1.807) is 17.9 Å². The molecule has 1 N–H and O–H groups in total. The SMILES string of the molecule is COCC(C)NS(=O)(=O)c1ccc(SC)c(C(=O)N2CCCC2)c1. The van der Waals surface area contributed by atoms with Crippen LogP contribution in [0.5, 0.6) is 0 Å². The number of methoxy groups -OCH3 is 1. The van der Waals surface area contributed by atoms with Crippen molar-refractivity contribution in [2.75, 3.05) is 33.1 Å². The number of nitrogens with zero attached hydrogens (tertiary/aromatic N) is 1. The number of likely N-dealkylation sites (tertiary alicyclic amines) is 1. The first-order valence-electron chi connectivity index (χ1n) is 7.87. The van der Waals surface area contributed by atoms with Crippen LogP contribution >= 0.6 is 11.8 Å². The fraction of sp³-hybridized carbons (Fsp3) is 0.562. The summed E-state index contributed by atoms with van der Waals surface area (Å²) in [6, 6.07) is 4.37. The summed E-state index contributed by atoms with van der Waals surface area (Å²) in [6.45, 7) is 3.47. The third-order valence-electron chi connectivity index (χ3n) is 3.88. The maximum Gasteiger partial charge on any atom is 0.255 e. The van der Waals surface area contributed by atoms with E-state index in [9.17, 15) is 13.2 Å². The monoisotopic (exact) mass is 372 g/mol. The number of nitrogens with one attached hydrogen (secondary N) is 1. The number of hydrogen-bond acceptors (Lipinski definition) is 5. The smallest absolute Gasteiger partial charge is 0.255 e. The molecule has 1 aromatic carbocycles. The van der Waals surface area contributed by atoms with Crippen molar-refractivity contribution < 1.29 is 17.9 Å². The zero-order valence-electron chi connectivity index (χ0n) is 14.2. The lowest BCUT2D eigenvalue weighted by Gasteiger charge is -2.18. The van der Waals surface area contributed by atoms with E-state index in [4.69, 9.17) is 4.74 Å². The van der Waals surface area contributed by atoms with Crippen LogP contribution in [0.2, 0.25) is 0 Å². The van der Waals surface area contributed by atoms with E-state index in [0.29, 0.717) is 5.56 Å². The first-order valence-corrected chi connectivity index (χ1v) is 10.6. The molecule has 134 valence electrons. The molecule has 2 rings (SSSR count). The number of carbonyl (C=O) groups excluding carboxylic acids is 1. The van der Waals surface area contributed by atoms with Gasteiger partial charge in [-0.05, 0) is 44.2 Å². The van der Waals surface area contributed by atoms with Gasteiger partial charge in [0.15, 0.2) is 0 Å². The highest BCUT2D eigenvalue weighted by Crippen LogP contribution is 2.26. The molecule has 0 radical (unpaired) electrons. The van der Waals surface area contributed by atoms with Gasteiger partial charge in [0.2, 0.25) is 10.0 Å². The fourth-order valence-electron chi connectivity index (χ4n) is 2.73. The van der Waals surface area contributed by atoms with Gasteiger partial charge in [0.1, 0.15) is 0 Å². The number of thioether (sulfide) groups is 1. The summed E-state index contributed by atoms with van der Waals surface area (Å²) in [7, 11) is -2.18. The van der Waals surface area contributed by atoms with Crippen LogP contribution in [-0.2, 0) is 14.8 Å². The summed E-state index contributed by atoms with van der Waals surface area (Å²) < 4.78 is 32.6. The Morgan fingerprint density at radius 1 is 1.38 bits per heavy atom. The van der Waals surface area contributed by atoms with Gasteiger partial charge in [-0.15, -0.1) is 11.8 Å². The quantitative estimate of drug-likeness (QED) is 0.741. The molecular formula is C16H24N2O4S2. The largest absolute Gasteiger partial charge is 0.383 e. The molecule has 1 amide bonds. The molecule has 1 atom stereocenters. The van der Waals surface area contributed by atoms with Crippen LogP contribution in [0.4, 0.5) is 0 Å². The van der Waals surface area contributed by atoms with Crippen molar-refractivity contribution in [2.24, 2.45) is 0 Å². The van der Waals surface area contributed by atoms with Crippen molar-refractivity contribution in [1.82, 2.24) is 9.62 Å². The number of hydrogen-bond donors (Lipinski definition) is 1. The minimum Gasteiger partial charge on any atom is -0.383 e. The summed E-state index contributed by atoms with van der Waals surface area (Å²) >= 11 is 1.44. The van der Waals surface area contributed by atoms with Gasteiger partial charge < -0.3 is 9.64 Å². The predicted molar refractivity (Wildman–Crippen MR) is 95.0 cm³/mol. The first-order chi connectivity index (χ1) is 11.4. The van der Waals surface area contributed by atoms with E-state index in [2.05, 4.69) is 4.72 Å². The Labute approximate surface area is 148 Å². The Hall–Kier alpha value is -1.09. The maximum absolute atomic E-state index is 12.7. The van der Waals surface area contributed by atoms with Crippen LogP contribution in [0.25, 0.3) is 0 Å². The van der Waals surface area contributed by atoms with Gasteiger partial charge in [-0.2, -0.15) is 0 Å². The van der Waals surface area contributed by atoms with Crippen LogP contribution < -0.4 is 4.72 Å². The molecule has 1 aromatic rings. The molecule has 1 heterocycles. The fourth-order valence-corrected chi connectivity index (χ4v) is 4.55. The highest BCUT2D eigenvalue weighted by molar-refractivity contribution is 7.98. The van der Waals surface area contributed by atoms with Gasteiger partial charge in [-0.1, -0.05) is 0 Å². The lowest BCUT2D eigenvalue weighted by atomic mass is 10.2. The second kappa shape index (κ2) is 8.33. The number of carbonyl (C=O) groups is 1. The average molecular weight is 373 g/mol. The third-order valence-corrected chi connectivity index (χ3v) is 6.26. The van der Waals surface area contributed by atoms with Crippen molar-refractivity contribution >= 4 is 27.7 Å². The zero-order chi connectivity index (χ0) is 17.7. The third kappa shape index (κ3) is 4.50. The van der Waals surface area contributed by atoms with Gasteiger partial charge in [0, 0.05) is 31.1 Å². The van der Waals surface area contributed by atoms with Gasteiger partial charge in [-0.25, -0.2) is 13.1 Å². The summed E-state index contributed by atoms with van der Waals surface area (Å²) in [5.41, 5.74) is 0.451. The van der Waals surface area contributed by atoms with E-state index in [-0.39, 0.29) is 23.5 Å². The van der Waals surface area contributed by atoms with Crippen LogP contribution in [0.1, 0.15) is 30.1 Å². The molecule has 1 aliphatic heterocycles. The van der Waals surface area contributed by atoms with E-state index >= 15 is 0 Å². The molecule has 1 saturated heterocycles. The van der Waals surface area contributed by atoms with Crippen molar-refractivity contribution in [3.63, 3.8) is 0 Å². The summed E-state index contributed by atoms with van der Waals surface area (Å²) in [4.78, 5) is 15.4. The second-order valence-electron chi connectivity index (χ2n) is 5.84.